The van der Waals surface area contributed by atoms with Gasteiger partial charge in [0.15, 0.2) is 5.69 Å². The lowest BCUT2D eigenvalue weighted by atomic mass is 10.2. The van der Waals surface area contributed by atoms with Crippen LogP contribution in [0, 0.1) is 0 Å². The number of allylic oxidation sites excluding steroid dienone is 1. The van der Waals surface area contributed by atoms with Gasteiger partial charge in [-0.25, -0.2) is 0 Å². The molecule has 6 heteroatoms. The molecular formula is C18H16N4O2. The van der Waals surface area contributed by atoms with Gasteiger partial charge in [-0.3, -0.25) is 4.79 Å². The van der Waals surface area contributed by atoms with E-state index in [2.05, 4.69) is 16.8 Å². The van der Waals surface area contributed by atoms with E-state index in [0.717, 1.165) is 5.52 Å². The standard InChI is InChI=1S/C18H16N4O2/c1-2-11-22-15-6-4-3-5-14(15)16(18(22)24)20-21-17(23)12-7-9-13(19)10-8-12/h2-10,24H,1,11,19H2. The first-order valence-electron chi connectivity index (χ1n) is 7.34. The van der Waals surface area contributed by atoms with Crippen LogP contribution >= 0.6 is 0 Å². The third kappa shape index (κ3) is 2.77. The summed E-state index contributed by atoms with van der Waals surface area (Å²) in [5.74, 6) is -0.556. The number of nitrogen functional groups attached to an aromatic ring is 1. The predicted octanol–water partition coefficient (Wildman–Crippen LogP) is 4.04. The fraction of sp³-hybridized carbons (Fsp3) is 0.0556. The third-order valence-electron chi connectivity index (χ3n) is 3.63. The van der Waals surface area contributed by atoms with Crippen molar-refractivity contribution in [3.8, 4) is 5.88 Å². The first kappa shape index (κ1) is 15.5. The van der Waals surface area contributed by atoms with Crippen LogP contribution < -0.4 is 5.73 Å². The second-order valence-electron chi connectivity index (χ2n) is 5.22. The van der Waals surface area contributed by atoms with Crippen molar-refractivity contribution in [3.63, 3.8) is 0 Å². The number of azo groups is 1. The highest BCUT2D eigenvalue weighted by Crippen LogP contribution is 2.38. The van der Waals surface area contributed by atoms with Crippen molar-refractivity contribution < 1.29 is 9.90 Å². The summed E-state index contributed by atoms with van der Waals surface area (Å²) in [6.45, 7) is 4.11. The molecule has 0 aliphatic heterocycles. The highest BCUT2D eigenvalue weighted by atomic mass is 16.3. The normalized spacial score (nSPS) is 11.2. The van der Waals surface area contributed by atoms with Gasteiger partial charge in [0.25, 0.3) is 5.91 Å². The minimum atomic E-state index is -0.505. The second-order valence-corrected chi connectivity index (χ2v) is 5.22. The Morgan fingerprint density at radius 2 is 1.92 bits per heavy atom. The molecule has 6 nitrogen and oxygen atoms in total. The molecule has 1 heterocycles. The number of nitrogens with two attached hydrogens (primary N) is 1. The molecule has 3 N–H and O–H groups in total. The SMILES string of the molecule is C=CCn1c(O)c(N=NC(=O)c2ccc(N)cc2)c2ccccc21. The fourth-order valence-corrected chi connectivity index (χ4v) is 2.46. The Morgan fingerprint density at radius 3 is 2.62 bits per heavy atom. The van der Waals surface area contributed by atoms with E-state index in [9.17, 15) is 9.90 Å². The second kappa shape index (κ2) is 6.37. The van der Waals surface area contributed by atoms with Crippen molar-refractivity contribution in [2.45, 2.75) is 6.54 Å². The van der Waals surface area contributed by atoms with Crippen LogP contribution in [0.1, 0.15) is 10.4 Å². The van der Waals surface area contributed by atoms with E-state index in [1.165, 1.54) is 0 Å². The number of aromatic nitrogens is 1. The van der Waals surface area contributed by atoms with Crippen molar-refractivity contribution in [2.75, 3.05) is 5.73 Å². The largest absolute Gasteiger partial charge is 0.493 e. The molecule has 0 saturated heterocycles. The third-order valence-corrected chi connectivity index (χ3v) is 3.63. The van der Waals surface area contributed by atoms with E-state index < -0.39 is 5.91 Å². The number of benzene rings is 2. The van der Waals surface area contributed by atoms with Crippen molar-refractivity contribution in [1.29, 1.82) is 0 Å². The summed E-state index contributed by atoms with van der Waals surface area (Å²) in [6.07, 6.45) is 1.67. The zero-order chi connectivity index (χ0) is 17.1. The average Bonchev–Trinajstić information content (AvgIpc) is 2.86. The van der Waals surface area contributed by atoms with E-state index >= 15 is 0 Å². The molecule has 120 valence electrons. The lowest BCUT2D eigenvalue weighted by Gasteiger charge is -2.01. The molecule has 0 fully saturated rings. The number of fused-ring (bicyclic) bond motifs is 1. The number of hydrogen-bond donors (Lipinski definition) is 2. The summed E-state index contributed by atoms with van der Waals surface area (Å²) in [7, 11) is 0. The number of carbonyl (C=O) groups is 1. The molecule has 1 amide bonds. The molecule has 0 bridgehead atoms. The van der Waals surface area contributed by atoms with Gasteiger partial charge in [-0.1, -0.05) is 24.3 Å². The van der Waals surface area contributed by atoms with Gasteiger partial charge in [0.2, 0.25) is 5.88 Å². The van der Waals surface area contributed by atoms with Crippen LogP contribution in [0.4, 0.5) is 11.4 Å². The van der Waals surface area contributed by atoms with Crippen molar-refractivity contribution in [1.82, 2.24) is 4.57 Å². The number of para-hydroxylation sites is 1. The first-order valence-corrected chi connectivity index (χ1v) is 7.34. The molecule has 0 spiro atoms. The van der Waals surface area contributed by atoms with Gasteiger partial charge in [0.1, 0.15) is 0 Å². The highest BCUT2D eigenvalue weighted by Gasteiger charge is 2.16. The number of hydrogen-bond acceptors (Lipinski definition) is 4. The Bertz CT molecular complexity index is 940. The van der Waals surface area contributed by atoms with Crippen LogP contribution in [-0.2, 0) is 6.54 Å². The zero-order valence-corrected chi connectivity index (χ0v) is 12.9. The summed E-state index contributed by atoms with van der Waals surface area (Å²) < 4.78 is 1.66. The summed E-state index contributed by atoms with van der Waals surface area (Å²) >= 11 is 0. The lowest BCUT2D eigenvalue weighted by Crippen LogP contribution is -1.94. The lowest BCUT2D eigenvalue weighted by molar-refractivity contribution is 0.0995. The molecule has 0 atom stereocenters. The number of anilines is 1. The Morgan fingerprint density at radius 1 is 1.21 bits per heavy atom. The molecule has 2 aromatic carbocycles. The molecule has 0 aliphatic carbocycles. The maximum absolute atomic E-state index is 12.1. The monoisotopic (exact) mass is 320 g/mol. The van der Waals surface area contributed by atoms with Crippen molar-refractivity contribution in [3.05, 3.63) is 66.7 Å². The molecule has 0 unspecified atom stereocenters. The Labute approximate surface area is 138 Å². The van der Waals surface area contributed by atoms with Gasteiger partial charge in [-0.2, -0.15) is 0 Å². The van der Waals surface area contributed by atoms with Gasteiger partial charge in [-0.15, -0.1) is 16.8 Å². The van der Waals surface area contributed by atoms with Crippen LogP contribution in [0.5, 0.6) is 5.88 Å². The first-order chi connectivity index (χ1) is 11.6. The van der Waals surface area contributed by atoms with Gasteiger partial charge in [0.05, 0.1) is 5.52 Å². The van der Waals surface area contributed by atoms with Gasteiger partial charge >= 0.3 is 0 Å². The summed E-state index contributed by atoms with van der Waals surface area (Å²) in [5, 5.41) is 18.8. The van der Waals surface area contributed by atoms with Gasteiger partial charge < -0.3 is 15.4 Å². The molecule has 24 heavy (non-hydrogen) atoms. The van der Waals surface area contributed by atoms with Crippen molar-refractivity contribution in [2.24, 2.45) is 10.2 Å². The quantitative estimate of drug-likeness (QED) is 0.431. The fourth-order valence-electron chi connectivity index (χ4n) is 2.46. The Hall–Kier alpha value is -3.41. The summed E-state index contributed by atoms with van der Waals surface area (Å²) in [4.78, 5) is 12.1. The Kier molecular flexibility index (Phi) is 4.11. The van der Waals surface area contributed by atoms with E-state index in [1.807, 2.05) is 24.3 Å². The maximum Gasteiger partial charge on any atom is 0.295 e. The molecular weight excluding hydrogens is 304 g/mol. The number of rotatable bonds is 4. The van der Waals surface area contributed by atoms with Crippen molar-refractivity contribution >= 4 is 28.2 Å². The van der Waals surface area contributed by atoms with E-state index in [0.29, 0.717) is 23.2 Å². The van der Waals surface area contributed by atoms with E-state index in [4.69, 9.17) is 5.73 Å². The number of carbonyl (C=O) groups excluding carboxylic acids is 1. The minimum absolute atomic E-state index is 0.0510. The smallest absolute Gasteiger partial charge is 0.295 e. The summed E-state index contributed by atoms with van der Waals surface area (Å²) in [6, 6.07) is 13.8. The van der Waals surface area contributed by atoms with Crippen LogP contribution in [-0.4, -0.2) is 15.6 Å². The summed E-state index contributed by atoms with van der Waals surface area (Å²) in [5.41, 5.74) is 7.59. The predicted molar refractivity (Wildman–Crippen MR) is 93.5 cm³/mol. The molecule has 3 aromatic rings. The maximum atomic E-state index is 12.1. The van der Waals surface area contributed by atoms with Crippen LogP contribution in [0.2, 0.25) is 0 Å². The minimum Gasteiger partial charge on any atom is -0.493 e. The van der Waals surface area contributed by atoms with Gasteiger partial charge in [-0.05, 0) is 30.3 Å². The average molecular weight is 320 g/mol. The molecule has 0 saturated carbocycles. The number of amides is 1. The van der Waals surface area contributed by atoms with Crippen LogP contribution in [0.25, 0.3) is 10.9 Å². The Balaban J connectivity index is 2.00. The van der Waals surface area contributed by atoms with Crippen LogP contribution in [0.15, 0.2) is 71.4 Å². The number of aromatic hydroxyl groups is 1. The van der Waals surface area contributed by atoms with Gasteiger partial charge in [0, 0.05) is 23.2 Å². The molecule has 0 radical (unpaired) electrons. The van der Waals surface area contributed by atoms with E-state index in [1.54, 1.807) is 34.9 Å². The zero-order valence-electron chi connectivity index (χ0n) is 12.9. The van der Waals surface area contributed by atoms with E-state index in [-0.39, 0.29) is 11.6 Å². The molecule has 1 aromatic heterocycles. The molecule has 0 aliphatic rings. The topological polar surface area (TPSA) is 93.0 Å². The number of nitrogens with zero attached hydrogens (tertiary/aromatic N) is 3. The highest BCUT2D eigenvalue weighted by molar-refractivity contribution is 5.97. The van der Waals surface area contributed by atoms with Crippen LogP contribution in [0.3, 0.4) is 0 Å². The molecule has 3 rings (SSSR count).